The van der Waals surface area contributed by atoms with Gasteiger partial charge >= 0.3 is 0 Å². The zero-order chi connectivity index (χ0) is 19.9. The molecule has 0 N–H and O–H groups in total. The van der Waals surface area contributed by atoms with Gasteiger partial charge in [-0.3, -0.25) is 0 Å². The number of pyridine rings is 1. The molecule has 0 radical (unpaired) electrons. The van der Waals surface area contributed by atoms with Crippen LogP contribution in [-0.4, -0.2) is 0 Å². The first-order chi connectivity index (χ1) is 14.0. The van der Waals surface area contributed by atoms with Gasteiger partial charge in [0.05, 0.1) is 10.9 Å². The molecule has 0 atom stereocenters. The minimum Gasteiger partial charge on any atom is -0.455 e. The lowest BCUT2D eigenvalue weighted by molar-refractivity contribution is -0.659. The number of nitrogens with zero attached hydrogens (tertiary/aromatic N) is 1. The molecule has 2 nitrogen and oxygen atoms in total. The standard InChI is InChI=1S/C27H26NO/c1-15(2)12-17-13-19-10-11-28(4)26-23-16(3)20-7-5-6-18-8-9-21(24(18)20)27(23)29-22(14-17)25(19)26/h5-7,10-11,13-15H,8-9,12H2,1-4H3/q+1. The first kappa shape index (κ1) is 17.0. The Kier molecular flexibility index (Phi) is 3.42. The van der Waals surface area contributed by atoms with Crippen LogP contribution in [0.3, 0.4) is 0 Å². The van der Waals surface area contributed by atoms with Crippen LogP contribution in [0.15, 0.2) is 42.6 Å². The summed E-state index contributed by atoms with van der Waals surface area (Å²) in [6.07, 6.45) is 5.46. The van der Waals surface area contributed by atoms with E-state index in [0.717, 1.165) is 30.8 Å². The zero-order valence-electron chi connectivity index (χ0n) is 17.6. The summed E-state index contributed by atoms with van der Waals surface area (Å²) in [4.78, 5) is 0. The minimum absolute atomic E-state index is 0.626. The normalized spacial score (nSPS) is 14.0. The van der Waals surface area contributed by atoms with Crippen LogP contribution in [-0.2, 0) is 26.3 Å². The van der Waals surface area contributed by atoms with Gasteiger partial charge < -0.3 is 4.74 Å². The molecule has 1 aliphatic carbocycles. The summed E-state index contributed by atoms with van der Waals surface area (Å²) < 4.78 is 9.04. The summed E-state index contributed by atoms with van der Waals surface area (Å²) in [5.74, 6) is 2.75. The van der Waals surface area contributed by atoms with Crippen LogP contribution in [0.5, 0.6) is 11.5 Å². The molecule has 0 fully saturated rings. The topological polar surface area (TPSA) is 13.1 Å². The quantitative estimate of drug-likeness (QED) is 0.333. The van der Waals surface area contributed by atoms with Gasteiger partial charge in [-0.05, 0) is 71.0 Å². The van der Waals surface area contributed by atoms with Crippen molar-refractivity contribution in [2.45, 2.75) is 40.0 Å². The molecule has 0 amide bonds. The number of aryl methyl sites for hydroxylation is 4. The summed E-state index contributed by atoms with van der Waals surface area (Å²) in [5, 5.41) is 5.34. The Balaban J connectivity index is 1.75. The van der Waals surface area contributed by atoms with Crippen LogP contribution in [0.4, 0.5) is 0 Å². The molecule has 29 heavy (non-hydrogen) atoms. The molecule has 6 rings (SSSR count). The molecule has 144 valence electrons. The molecule has 0 unspecified atom stereocenters. The van der Waals surface area contributed by atoms with Crippen molar-refractivity contribution in [2.75, 3.05) is 0 Å². The molecule has 1 aromatic heterocycles. The predicted octanol–water partition coefficient (Wildman–Crippen LogP) is 6.20. The van der Waals surface area contributed by atoms with Gasteiger partial charge in [0.1, 0.15) is 18.5 Å². The third kappa shape index (κ3) is 2.26. The monoisotopic (exact) mass is 380 g/mol. The zero-order valence-corrected chi connectivity index (χ0v) is 17.6. The Labute approximate surface area is 171 Å². The van der Waals surface area contributed by atoms with Crippen LogP contribution in [0.2, 0.25) is 0 Å². The summed E-state index contributed by atoms with van der Waals surface area (Å²) in [5.41, 5.74) is 8.14. The molecule has 2 aliphatic rings. The van der Waals surface area contributed by atoms with E-state index >= 15 is 0 Å². The van der Waals surface area contributed by atoms with Crippen molar-refractivity contribution in [3.05, 3.63) is 64.8 Å². The predicted molar refractivity (Wildman–Crippen MR) is 119 cm³/mol. The van der Waals surface area contributed by atoms with Crippen LogP contribution in [0.1, 0.15) is 36.1 Å². The van der Waals surface area contributed by atoms with Crippen molar-refractivity contribution in [3.63, 3.8) is 0 Å². The molecule has 3 aromatic carbocycles. The lowest BCUT2D eigenvalue weighted by Crippen LogP contribution is -2.32. The Morgan fingerprint density at radius 1 is 1.07 bits per heavy atom. The fourth-order valence-corrected chi connectivity index (χ4v) is 5.55. The highest BCUT2D eigenvalue weighted by Gasteiger charge is 2.34. The van der Waals surface area contributed by atoms with E-state index in [-0.39, 0.29) is 0 Å². The Morgan fingerprint density at radius 3 is 2.76 bits per heavy atom. The summed E-state index contributed by atoms with van der Waals surface area (Å²) in [7, 11) is 2.16. The largest absolute Gasteiger partial charge is 0.455 e. The second-order valence-corrected chi connectivity index (χ2v) is 9.18. The molecule has 2 heteroatoms. The maximum atomic E-state index is 6.76. The number of rotatable bonds is 2. The van der Waals surface area contributed by atoms with E-state index in [1.807, 2.05) is 0 Å². The Bertz CT molecular complexity index is 1350. The number of ether oxygens (including phenoxy) is 1. The van der Waals surface area contributed by atoms with Crippen LogP contribution >= 0.6 is 0 Å². The minimum atomic E-state index is 0.626. The van der Waals surface area contributed by atoms with Gasteiger partial charge in [-0.1, -0.05) is 38.1 Å². The van der Waals surface area contributed by atoms with Crippen LogP contribution in [0, 0.1) is 12.8 Å². The van der Waals surface area contributed by atoms with Crippen molar-refractivity contribution < 1.29 is 9.30 Å². The number of aromatic nitrogens is 1. The average molecular weight is 381 g/mol. The highest BCUT2D eigenvalue weighted by Crippen LogP contribution is 2.52. The highest BCUT2D eigenvalue weighted by atomic mass is 16.5. The first-order valence-electron chi connectivity index (χ1n) is 10.7. The van der Waals surface area contributed by atoms with E-state index in [4.69, 9.17) is 4.74 Å². The van der Waals surface area contributed by atoms with Crippen LogP contribution < -0.4 is 9.30 Å². The molecule has 0 bridgehead atoms. The smallest absolute Gasteiger partial charge is 0.228 e. The van der Waals surface area contributed by atoms with Gasteiger partial charge in [-0.15, -0.1) is 0 Å². The van der Waals surface area contributed by atoms with Gasteiger partial charge in [-0.25, -0.2) is 4.57 Å². The van der Waals surface area contributed by atoms with Gasteiger partial charge in [-0.2, -0.15) is 0 Å². The third-order valence-corrected chi connectivity index (χ3v) is 6.73. The molecule has 4 aromatic rings. The second kappa shape index (κ2) is 5.82. The molecule has 0 saturated heterocycles. The molecular weight excluding hydrogens is 354 g/mol. The summed E-state index contributed by atoms with van der Waals surface area (Å²) >= 11 is 0. The van der Waals surface area contributed by atoms with E-state index in [2.05, 4.69) is 75.0 Å². The molecule has 0 spiro atoms. The van der Waals surface area contributed by atoms with E-state index < -0.39 is 0 Å². The third-order valence-electron chi connectivity index (χ3n) is 6.73. The average Bonchev–Trinajstić information content (AvgIpc) is 3.12. The number of hydrogen-bond acceptors (Lipinski definition) is 1. The first-order valence-corrected chi connectivity index (χ1v) is 10.7. The van der Waals surface area contributed by atoms with Gasteiger partial charge in [0.25, 0.3) is 0 Å². The Morgan fingerprint density at radius 2 is 1.93 bits per heavy atom. The summed E-state index contributed by atoms with van der Waals surface area (Å²) in [6.45, 7) is 6.82. The van der Waals surface area contributed by atoms with Gasteiger partial charge in [0, 0.05) is 11.6 Å². The maximum Gasteiger partial charge on any atom is 0.228 e. The van der Waals surface area contributed by atoms with Gasteiger partial charge in [0.15, 0.2) is 6.20 Å². The van der Waals surface area contributed by atoms with E-state index in [9.17, 15) is 0 Å². The highest BCUT2D eigenvalue weighted by molar-refractivity contribution is 6.07. The SMILES string of the molecule is Cc1c2c(c3c4c(cccc14)CC3)Oc1cc(CC(C)C)cc3cc[n+](C)c-2c13. The fraction of sp³-hybridized carbons (Fsp3) is 0.296. The van der Waals surface area contributed by atoms with E-state index in [0.29, 0.717) is 5.92 Å². The second-order valence-electron chi connectivity index (χ2n) is 9.18. The summed E-state index contributed by atoms with van der Waals surface area (Å²) in [6, 6.07) is 13.6. The number of benzene rings is 3. The Hall–Kier alpha value is -2.87. The van der Waals surface area contributed by atoms with E-state index in [1.54, 1.807) is 0 Å². The lowest BCUT2D eigenvalue weighted by atomic mass is 9.88. The number of fused-ring (bicyclic) bond motifs is 3. The molecule has 2 heterocycles. The van der Waals surface area contributed by atoms with E-state index in [1.165, 1.54) is 55.1 Å². The van der Waals surface area contributed by atoms with Gasteiger partial charge in [0.2, 0.25) is 5.69 Å². The lowest BCUT2D eigenvalue weighted by Gasteiger charge is -2.24. The molecule has 0 saturated carbocycles. The van der Waals surface area contributed by atoms with Crippen molar-refractivity contribution in [1.29, 1.82) is 0 Å². The van der Waals surface area contributed by atoms with Crippen LogP contribution in [0.25, 0.3) is 32.8 Å². The van der Waals surface area contributed by atoms with Crippen molar-refractivity contribution in [2.24, 2.45) is 13.0 Å². The van der Waals surface area contributed by atoms with Crippen molar-refractivity contribution in [1.82, 2.24) is 0 Å². The maximum absolute atomic E-state index is 6.76. The number of hydrogen-bond donors (Lipinski definition) is 0. The molecule has 1 aliphatic heterocycles. The molecular formula is C27H26NO+. The van der Waals surface area contributed by atoms with Crippen molar-refractivity contribution >= 4 is 21.5 Å². The van der Waals surface area contributed by atoms with Crippen molar-refractivity contribution in [3.8, 4) is 22.8 Å². The fourth-order valence-electron chi connectivity index (χ4n) is 5.55.